The number of sulfonamides is 1. The molecule has 0 saturated heterocycles. The van der Waals surface area contributed by atoms with E-state index in [0.717, 1.165) is 4.31 Å². The van der Waals surface area contributed by atoms with Crippen LogP contribution in [-0.4, -0.2) is 32.7 Å². The van der Waals surface area contributed by atoms with Crippen LogP contribution >= 0.6 is 15.9 Å². The summed E-state index contributed by atoms with van der Waals surface area (Å²) in [5.41, 5.74) is 1.16. The predicted molar refractivity (Wildman–Crippen MR) is 94.1 cm³/mol. The first kappa shape index (κ1) is 18.6. The van der Waals surface area contributed by atoms with E-state index in [9.17, 15) is 17.6 Å². The number of carbonyl (C=O) groups excluding carboxylic acids is 1. The molecule has 0 aliphatic heterocycles. The van der Waals surface area contributed by atoms with Crippen molar-refractivity contribution in [2.75, 3.05) is 19.4 Å². The van der Waals surface area contributed by atoms with E-state index in [-0.39, 0.29) is 10.5 Å². The van der Waals surface area contributed by atoms with Crippen LogP contribution in [0.1, 0.15) is 15.9 Å². The van der Waals surface area contributed by atoms with Gasteiger partial charge in [0, 0.05) is 24.3 Å². The summed E-state index contributed by atoms with van der Waals surface area (Å²) in [5, 5.41) is 2.60. The molecule has 0 unspecified atom stereocenters. The average Bonchev–Trinajstić information content (AvgIpc) is 2.50. The molecule has 8 heteroatoms. The van der Waals surface area contributed by atoms with Crippen molar-refractivity contribution in [3.05, 3.63) is 57.8 Å². The molecule has 0 aliphatic rings. The van der Waals surface area contributed by atoms with Gasteiger partial charge in [0.05, 0.1) is 10.5 Å². The number of amides is 1. The number of nitrogens with one attached hydrogen (secondary N) is 1. The summed E-state index contributed by atoms with van der Waals surface area (Å²) >= 11 is 3.24. The first-order chi connectivity index (χ1) is 11.1. The maximum Gasteiger partial charge on any atom is 0.256 e. The number of anilines is 1. The molecule has 0 bridgehead atoms. The molecular formula is C16H16BrFN2O3S. The van der Waals surface area contributed by atoms with Gasteiger partial charge >= 0.3 is 0 Å². The maximum absolute atomic E-state index is 13.3. The van der Waals surface area contributed by atoms with Gasteiger partial charge in [0.25, 0.3) is 5.91 Å². The molecule has 0 atom stereocenters. The van der Waals surface area contributed by atoms with Gasteiger partial charge in [0.1, 0.15) is 5.82 Å². The topological polar surface area (TPSA) is 66.5 Å². The third-order valence-corrected chi connectivity index (χ3v) is 5.91. The Bertz CT molecular complexity index is 898. The average molecular weight is 415 g/mol. The van der Waals surface area contributed by atoms with Crippen molar-refractivity contribution >= 4 is 37.5 Å². The van der Waals surface area contributed by atoms with Crippen LogP contribution in [0.5, 0.6) is 0 Å². The van der Waals surface area contributed by atoms with E-state index < -0.39 is 21.7 Å². The highest BCUT2D eigenvalue weighted by molar-refractivity contribution is 9.10. The summed E-state index contributed by atoms with van der Waals surface area (Å²) < 4.78 is 39.3. The van der Waals surface area contributed by atoms with Gasteiger partial charge in [-0.05, 0) is 58.7 Å². The van der Waals surface area contributed by atoms with Gasteiger partial charge in [-0.25, -0.2) is 17.1 Å². The molecule has 0 fully saturated rings. The molecule has 128 valence electrons. The third kappa shape index (κ3) is 3.82. The number of aryl methyl sites for hydroxylation is 1. The maximum atomic E-state index is 13.3. The smallest absolute Gasteiger partial charge is 0.256 e. The molecule has 2 rings (SSSR count). The van der Waals surface area contributed by atoms with Crippen molar-refractivity contribution < 1.29 is 17.6 Å². The van der Waals surface area contributed by atoms with Crippen LogP contribution in [0.15, 0.2) is 45.8 Å². The number of nitrogens with zero attached hydrogens (tertiary/aromatic N) is 1. The van der Waals surface area contributed by atoms with Crippen molar-refractivity contribution in [1.82, 2.24) is 4.31 Å². The zero-order valence-corrected chi connectivity index (χ0v) is 15.7. The fourth-order valence-electron chi connectivity index (χ4n) is 1.97. The Balaban J connectivity index is 2.41. The van der Waals surface area contributed by atoms with Crippen LogP contribution in [0.2, 0.25) is 0 Å². The minimum Gasteiger partial charge on any atom is -0.322 e. The summed E-state index contributed by atoms with van der Waals surface area (Å²) in [6.45, 7) is 1.73. The largest absolute Gasteiger partial charge is 0.322 e. The molecule has 5 nitrogen and oxygen atoms in total. The van der Waals surface area contributed by atoms with E-state index in [1.54, 1.807) is 13.0 Å². The Hall–Kier alpha value is -1.77. The number of rotatable bonds is 4. The third-order valence-electron chi connectivity index (χ3n) is 3.41. The molecule has 0 heterocycles. The lowest BCUT2D eigenvalue weighted by Crippen LogP contribution is -2.23. The lowest BCUT2D eigenvalue weighted by molar-refractivity contribution is 0.102. The minimum absolute atomic E-state index is 0.00295. The lowest BCUT2D eigenvalue weighted by Gasteiger charge is -2.14. The fourth-order valence-corrected chi connectivity index (χ4v) is 3.32. The molecule has 1 amide bonds. The Labute approximate surface area is 148 Å². The predicted octanol–water partition coefficient (Wildman–Crippen LogP) is 3.40. The Morgan fingerprint density at radius 1 is 1.17 bits per heavy atom. The van der Waals surface area contributed by atoms with Gasteiger partial charge < -0.3 is 5.32 Å². The number of carbonyl (C=O) groups is 1. The number of benzene rings is 2. The second-order valence-corrected chi connectivity index (χ2v) is 8.35. The van der Waals surface area contributed by atoms with Crippen molar-refractivity contribution in [1.29, 1.82) is 0 Å². The molecule has 0 spiro atoms. The Morgan fingerprint density at radius 3 is 2.46 bits per heavy atom. The molecule has 0 radical (unpaired) electrons. The van der Waals surface area contributed by atoms with Crippen molar-refractivity contribution in [3.63, 3.8) is 0 Å². The number of halogens is 2. The highest BCUT2D eigenvalue weighted by atomic mass is 79.9. The first-order valence-electron chi connectivity index (χ1n) is 6.92. The summed E-state index contributed by atoms with van der Waals surface area (Å²) in [6, 6.07) is 8.23. The van der Waals surface area contributed by atoms with Crippen LogP contribution in [0.3, 0.4) is 0 Å². The van der Waals surface area contributed by atoms with Gasteiger partial charge in [-0.2, -0.15) is 0 Å². The molecule has 2 aromatic carbocycles. The quantitative estimate of drug-likeness (QED) is 0.833. The van der Waals surface area contributed by atoms with E-state index >= 15 is 0 Å². The molecule has 0 saturated carbocycles. The summed E-state index contributed by atoms with van der Waals surface area (Å²) in [4.78, 5) is 12.5. The van der Waals surface area contributed by atoms with Gasteiger partial charge in [-0.1, -0.05) is 6.07 Å². The lowest BCUT2D eigenvalue weighted by atomic mass is 10.1. The van der Waals surface area contributed by atoms with Gasteiger partial charge in [0.15, 0.2) is 0 Å². The fraction of sp³-hybridized carbons (Fsp3) is 0.188. The van der Waals surface area contributed by atoms with E-state index in [2.05, 4.69) is 21.2 Å². The molecular weight excluding hydrogens is 399 g/mol. The van der Waals surface area contributed by atoms with E-state index in [4.69, 9.17) is 0 Å². The minimum atomic E-state index is -3.66. The van der Waals surface area contributed by atoms with Crippen molar-refractivity contribution in [3.8, 4) is 0 Å². The van der Waals surface area contributed by atoms with E-state index in [1.165, 1.54) is 44.4 Å². The molecule has 1 N–H and O–H groups in total. The zero-order chi connectivity index (χ0) is 18.1. The number of hydrogen-bond donors (Lipinski definition) is 1. The van der Waals surface area contributed by atoms with Crippen LogP contribution in [0.25, 0.3) is 0 Å². The second-order valence-electron chi connectivity index (χ2n) is 5.34. The molecule has 0 aromatic heterocycles. The van der Waals surface area contributed by atoms with Crippen LogP contribution in [0, 0.1) is 12.7 Å². The zero-order valence-electron chi connectivity index (χ0n) is 13.3. The Kier molecular flexibility index (Phi) is 5.42. The van der Waals surface area contributed by atoms with Gasteiger partial charge in [-0.3, -0.25) is 4.79 Å². The highest BCUT2D eigenvalue weighted by Gasteiger charge is 2.21. The normalized spacial score (nSPS) is 11.6. The summed E-state index contributed by atoms with van der Waals surface area (Å²) in [5.74, 6) is -1.01. The van der Waals surface area contributed by atoms with Gasteiger partial charge in [-0.15, -0.1) is 0 Å². The van der Waals surface area contributed by atoms with E-state index in [0.29, 0.717) is 15.7 Å². The van der Waals surface area contributed by atoms with Crippen molar-refractivity contribution in [2.24, 2.45) is 0 Å². The monoisotopic (exact) mass is 414 g/mol. The summed E-state index contributed by atoms with van der Waals surface area (Å²) in [6.07, 6.45) is 0. The van der Waals surface area contributed by atoms with Gasteiger partial charge in [0.2, 0.25) is 10.0 Å². The molecule has 24 heavy (non-hydrogen) atoms. The summed E-state index contributed by atoms with van der Waals surface area (Å²) in [7, 11) is -0.845. The standard InChI is InChI=1S/C16H16BrFN2O3S/c1-10-4-5-11(18)8-15(10)19-16(21)13-9-12(6-7-14(13)17)24(22,23)20(2)3/h4-9H,1-3H3,(H,19,21). The first-order valence-corrected chi connectivity index (χ1v) is 9.16. The molecule has 0 aliphatic carbocycles. The van der Waals surface area contributed by atoms with Crippen molar-refractivity contribution in [2.45, 2.75) is 11.8 Å². The highest BCUT2D eigenvalue weighted by Crippen LogP contribution is 2.24. The SMILES string of the molecule is Cc1ccc(F)cc1NC(=O)c1cc(S(=O)(=O)N(C)C)ccc1Br. The number of hydrogen-bond acceptors (Lipinski definition) is 3. The molecule has 2 aromatic rings. The van der Waals surface area contributed by atoms with Crippen LogP contribution in [0.4, 0.5) is 10.1 Å². The van der Waals surface area contributed by atoms with Crippen LogP contribution in [-0.2, 0) is 10.0 Å². The van der Waals surface area contributed by atoms with Crippen LogP contribution < -0.4 is 5.32 Å². The second kappa shape index (κ2) is 7.00. The Morgan fingerprint density at radius 2 is 1.83 bits per heavy atom. The van der Waals surface area contributed by atoms with E-state index in [1.807, 2.05) is 0 Å².